The maximum absolute atomic E-state index is 10.2. The summed E-state index contributed by atoms with van der Waals surface area (Å²) < 4.78 is 5.19. The molecule has 0 saturated heterocycles. The van der Waals surface area contributed by atoms with E-state index in [1.54, 1.807) is 24.3 Å². The molecule has 4 nitrogen and oxygen atoms in total. The van der Waals surface area contributed by atoms with Gasteiger partial charge in [0.05, 0.1) is 25.5 Å². The van der Waals surface area contributed by atoms with Gasteiger partial charge in [0.25, 0.3) is 0 Å². The van der Waals surface area contributed by atoms with Gasteiger partial charge in [-0.2, -0.15) is 5.26 Å². The SMILES string of the molecule is N#CCc1ccc(OCCC(=O)O)cc1. The summed E-state index contributed by atoms with van der Waals surface area (Å²) in [7, 11) is 0. The topological polar surface area (TPSA) is 70.3 Å². The molecule has 0 bridgehead atoms. The van der Waals surface area contributed by atoms with Crippen LogP contribution < -0.4 is 4.74 Å². The third-order valence-electron chi connectivity index (χ3n) is 1.79. The van der Waals surface area contributed by atoms with Gasteiger partial charge in [0, 0.05) is 0 Å². The maximum Gasteiger partial charge on any atom is 0.306 e. The minimum Gasteiger partial charge on any atom is -0.493 e. The minimum atomic E-state index is -0.879. The second-order valence-corrected chi connectivity index (χ2v) is 2.97. The first-order valence-corrected chi connectivity index (χ1v) is 4.53. The fourth-order valence-corrected chi connectivity index (χ4v) is 1.05. The molecule has 0 spiro atoms. The second kappa shape index (κ2) is 5.66. The van der Waals surface area contributed by atoms with E-state index in [1.165, 1.54) is 0 Å². The number of nitrogens with zero attached hydrogens (tertiary/aromatic N) is 1. The van der Waals surface area contributed by atoms with Crippen molar-refractivity contribution in [1.82, 2.24) is 0 Å². The number of carbonyl (C=O) groups is 1. The summed E-state index contributed by atoms with van der Waals surface area (Å²) >= 11 is 0. The molecule has 0 heterocycles. The van der Waals surface area contributed by atoms with Crippen molar-refractivity contribution in [2.75, 3.05) is 6.61 Å². The fraction of sp³-hybridized carbons (Fsp3) is 0.273. The van der Waals surface area contributed by atoms with Crippen molar-refractivity contribution >= 4 is 5.97 Å². The molecule has 0 aliphatic carbocycles. The molecule has 1 aromatic carbocycles. The Morgan fingerprint density at radius 3 is 2.60 bits per heavy atom. The number of ether oxygens (including phenoxy) is 1. The van der Waals surface area contributed by atoms with Crippen LogP contribution in [0.25, 0.3) is 0 Å². The van der Waals surface area contributed by atoms with Crippen LogP contribution in [0.5, 0.6) is 5.75 Å². The Morgan fingerprint density at radius 2 is 2.07 bits per heavy atom. The quantitative estimate of drug-likeness (QED) is 0.792. The third kappa shape index (κ3) is 4.14. The number of nitriles is 1. The van der Waals surface area contributed by atoms with Crippen LogP contribution in [0.2, 0.25) is 0 Å². The molecular weight excluding hydrogens is 194 g/mol. The van der Waals surface area contributed by atoms with Crippen LogP contribution in [-0.2, 0) is 11.2 Å². The fourth-order valence-electron chi connectivity index (χ4n) is 1.05. The summed E-state index contributed by atoms with van der Waals surface area (Å²) in [6.45, 7) is 0.160. The van der Waals surface area contributed by atoms with Gasteiger partial charge in [0.2, 0.25) is 0 Å². The number of rotatable bonds is 5. The number of aliphatic carboxylic acids is 1. The van der Waals surface area contributed by atoms with Crippen molar-refractivity contribution in [2.45, 2.75) is 12.8 Å². The molecule has 1 aromatic rings. The molecule has 0 aliphatic rings. The van der Waals surface area contributed by atoms with Crippen LogP contribution in [0.3, 0.4) is 0 Å². The molecule has 78 valence electrons. The van der Waals surface area contributed by atoms with E-state index < -0.39 is 5.97 Å². The highest BCUT2D eigenvalue weighted by Crippen LogP contribution is 2.12. The van der Waals surface area contributed by atoms with E-state index in [0.717, 1.165) is 5.56 Å². The van der Waals surface area contributed by atoms with E-state index in [-0.39, 0.29) is 13.0 Å². The van der Waals surface area contributed by atoms with E-state index in [0.29, 0.717) is 12.2 Å². The van der Waals surface area contributed by atoms with Crippen LogP contribution >= 0.6 is 0 Å². The van der Waals surface area contributed by atoms with Crippen LogP contribution in [0.15, 0.2) is 24.3 Å². The summed E-state index contributed by atoms with van der Waals surface area (Å²) in [6, 6.07) is 9.09. The van der Waals surface area contributed by atoms with Gasteiger partial charge >= 0.3 is 5.97 Å². The Kier molecular flexibility index (Phi) is 4.17. The van der Waals surface area contributed by atoms with Crippen LogP contribution in [0.4, 0.5) is 0 Å². The molecule has 0 amide bonds. The predicted molar refractivity (Wildman–Crippen MR) is 53.5 cm³/mol. The highest BCUT2D eigenvalue weighted by molar-refractivity contribution is 5.66. The maximum atomic E-state index is 10.2. The van der Waals surface area contributed by atoms with Crippen molar-refractivity contribution in [1.29, 1.82) is 5.26 Å². The Morgan fingerprint density at radius 1 is 1.40 bits per heavy atom. The van der Waals surface area contributed by atoms with Gasteiger partial charge in [-0.05, 0) is 17.7 Å². The number of benzene rings is 1. The second-order valence-electron chi connectivity index (χ2n) is 2.97. The van der Waals surface area contributed by atoms with Crippen molar-refractivity contribution in [3.8, 4) is 11.8 Å². The summed E-state index contributed by atoms with van der Waals surface area (Å²) in [5.41, 5.74) is 0.920. The molecular formula is C11H11NO3. The van der Waals surface area contributed by atoms with E-state index >= 15 is 0 Å². The number of hydrogen-bond donors (Lipinski definition) is 1. The molecule has 0 atom stereocenters. The first-order valence-electron chi connectivity index (χ1n) is 4.53. The average molecular weight is 205 g/mol. The largest absolute Gasteiger partial charge is 0.493 e. The van der Waals surface area contributed by atoms with Gasteiger partial charge in [-0.3, -0.25) is 4.79 Å². The lowest BCUT2D eigenvalue weighted by molar-refractivity contribution is -0.137. The van der Waals surface area contributed by atoms with E-state index in [9.17, 15) is 4.79 Å². The smallest absolute Gasteiger partial charge is 0.306 e. The first kappa shape index (κ1) is 11.1. The molecule has 0 radical (unpaired) electrons. The van der Waals surface area contributed by atoms with Gasteiger partial charge in [0.1, 0.15) is 5.75 Å². The van der Waals surface area contributed by atoms with Gasteiger partial charge in [-0.1, -0.05) is 12.1 Å². The van der Waals surface area contributed by atoms with Gasteiger partial charge < -0.3 is 9.84 Å². The molecule has 1 N–H and O–H groups in total. The summed E-state index contributed by atoms with van der Waals surface area (Å²) in [5.74, 6) is -0.256. The summed E-state index contributed by atoms with van der Waals surface area (Å²) in [5, 5.41) is 16.8. The normalized spacial score (nSPS) is 9.27. The van der Waals surface area contributed by atoms with E-state index in [4.69, 9.17) is 15.1 Å². The third-order valence-corrected chi connectivity index (χ3v) is 1.79. The standard InChI is InChI=1S/C11H11NO3/c12-7-5-9-1-3-10(4-2-9)15-8-6-11(13)14/h1-4H,5-6,8H2,(H,13,14). The Hall–Kier alpha value is -2.02. The lowest BCUT2D eigenvalue weighted by Crippen LogP contribution is -2.04. The number of carboxylic acid groups (broad SMARTS) is 1. The molecule has 4 heteroatoms. The summed E-state index contributed by atoms with van der Waals surface area (Å²) in [6.07, 6.45) is 0.357. The Bertz CT molecular complexity index is 364. The average Bonchev–Trinajstić information content (AvgIpc) is 2.20. The molecule has 1 rings (SSSR count). The Labute approximate surface area is 87.7 Å². The molecule has 0 aromatic heterocycles. The zero-order chi connectivity index (χ0) is 11.1. The number of hydrogen-bond acceptors (Lipinski definition) is 3. The number of carboxylic acids is 1. The zero-order valence-corrected chi connectivity index (χ0v) is 8.14. The first-order chi connectivity index (χ1) is 7.22. The molecule has 0 aliphatic heterocycles. The van der Waals surface area contributed by atoms with Crippen molar-refractivity contribution in [2.24, 2.45) is 0 Å². The molecule has 15 heavy (non-hydrogen) atoms. The Balaban J connectivity index is 2.43. The van der Waals surface area contributed by atoms with Crippen LogP contribution in [0, 0.1) is 11.3 Å². The monoisotopic (exact) mass is 205 g/mol. The highest BCUT2D eigenvalue weighted by Gasteiger charge is 1.98. The van der Waals surface area contributed by atoms with Gasteiger partial charge in [0.15, 0.2) is 0 Å². The van der Waals surface area contributed by atoms with E-state index in [2.05, 4.69) is 0 Å². The van der Waals surface area contributed by atoms with Crippen LogP contribution in [0.1, 0.15) is 12.0 Å². The zero-order valence-electron chi connectivity index (χ0n) is 8.14. The molecule has 0 saturated carbocycles. The lowest BCUT2D eigenvalue weighted by atomic mass is 10.2. The minimum absolute atomic E-state index is 0.0139. The van der Waals surface area contributed by atoms with Crippen molar-refractivity contribution in [3.05, 3.63) is 29.8 Å². The predicted octanol–water partition coefficient (Wildman–Crippen LogP) is 1.61. The molecule has 0 fully saturated rings. The van der Waals surface area contributed by atoms with E-state index in [1.807, 2.05) is 6.07 Å². The van der Waals surface area contributed by atoms with Crippen LogP contribution in [-0.4, -0.2) is 17.7 Å². The lowest BCUT2D eigenvalue weighted by Gasteiger charge is -2.04. The van der Waals surface area contributed by atoms with Crippen molar-refractivity contribution in [3.63, 3.8) is 0 Å². The van der Waals surface area contributed by atoms with Gasteiger partial charge in [-0.25, -0.2) is 0 Å². The summed E-state index contributed by atoms with van der Waals surface area (Å²) in [4.78, 5) is 10.2. The van der Waals surface area contributed by atoms with Gasteiger partial charge in [-0.15, -0.1) is 0 Å². The molecule has 0 unspecified atom stereocenters. The highest BCUT2D eigenvalue weighted by atomic mass is 16.5. The van der Waals surface area contributed by atoms with Crippen molar-refractivity contribution < 1.29 is 14.6 Å².